The molecule has 1 N–H and O–H groups in total. The highest BCUT2D eigenvalue weighted by atomic mass is 32.1. The summed E-state index contributed by atoms with van der Waals surface area (Å²) >= 11 is 1.96. The summed E-state index contributed by atoms with van der Waals surface area (Å²) in [5, 5.41) is 5.93. The monoisotopic (exact) mass is 251 g/mol. The molecule has 0 spiro atoms. The third kappa shape index (κ3) is 3.32. The van der Waals surface area contributed by atoms with Crippen LogP contribution in [0, 0.1) is 0 Å². The summed E-state index contributed by atoms with van der Waals surface area (Å²) < 4.78 is 0. The zero-order valence-corrected chi connectivity index (χ0v) is 12.0. The normalized spacial score (nSPS) is 21.9. The Morgan fingerprint density at radius 2 is 2.35 bits per heavy atom. The van der Waals surface area contributed by atoms with Crippen molar-refractivity contribution in [2.45, 2.75) is 64.3 Å². The maximum absolute atomic E-state index is 3.65. The lowest BCUT2D eigenvalue weighted by atomic mass is 9.94. The number of hydrogen-bond donors (Lipinski definition) is 1. The fraction of sp³-hybridized carbons (Fsp3) is 0.733. The Morgan fingerprint density at radius 1 is 1.47 bits per heavy atom. The number of unbranched alkanes of at least 4 members (excludes halogenated alkanes) is 2. The zero-order chi connectivity index (χ0) is 12.1. The quantitative estimate of drug-likeness (QED) is 0.742. The molecule has 2 atom stereocenters. The SMILES string of the molecule is CCCCCc1ccsc1C(C)C1CCCN1. The number of aryl methyl sites for hydroxylation is 1. The third-order valence-electron chi connectivity index (χ3n) is 3.95. The highest BCUT2D eigenvalue weighted by Gasteiger charge is 2.24. The predicted octanol–water partition coefficient (Wildman–Crippen LogP) is 4.34. The molecule has 1 aliphatic heterocycles. The molecule has 1 aliphatic rings. The van der Waals surface area contributed by atoms with Crippen LogP contribution in [0.5, 0.6) is 0 Å². The van der Waals surface area contributed by atoms with Gasteiger partial charge >= 0.3 is 0 Å². The van der Waals surface area contributed by atoms with Crippen LogP contribution in [0.25, 0.3) is 0 Å². The molecule has 1 nitrogen and oxygen atoms in total. The highest BCUT2D eigenvalue weighted by Crippen LogP contribution is 2.32. The van der Waals surface area contributed by atoms with Crippen molar-refractivity contribution in [3.05, 3.63) is 21.9 Å². The van der Waals surface area contributed by atoms with Gasteiger partial charge < -0.3 is 5.32 Å². The van der Waals surface area contributed by atoms with E-state index in [0.29, 0.717) is 5.92 Å². The van der Waals surface area contributed by atoms with Gasteiger partial charge in [0.05, 0.1) is 0 Å². The molecule has 0 aromatic carbocycles. The van der Waals surface area contributed by atoms with E-state index >= 15 is 0 Å². The molecular formula is C15H25NS. The Labute approximate surface area is 110 Å². The molecule has 2 heterocycles. The molecule has 0 bridgehead atoms. The second kappa shape index (κ2) is 6.55. The Bertz CT molecular complexity index is 325. The average Bonchev–Trinajstić information content (AvgIpc) is 3.00. The first-order chi connectivity index (χ1) is 8.33. The van der Waals surface area contributed by atoms with Gasteiger partial charge in [0.15, 0.2) is 0 Å². The summed E-state index contributed by atoms with van der Waals surface area (Å²) in [6.45, 7) is 5.89. The molecule has 17 heavy (non-hydrogen) atoms. The van der Waals surface area contributed by atoms with Gasteiger partial charge in [0.2, 0.25) is 0 Å². The summed E-state index contributed by atoms with van der Waals surface area (Å²) in [5.41, 5.74) is 1.62. The summed E-state index contributed by atoms with van der Waals surface area (Å²) in [5.74, 6) is 0.703. The van der Waals surface area contributed by atoms with Crippen molar-refractivity contribution < 1.29 is 0 Å². The predicted molar refractivity (Wildman–Crippen MR) is 77.0 cm³/mol. The van der Waals surface area contributed by atoms with Gasteiger partial charge in [-0.1, -0.05) is 26.7 Å². The van der Waals surface area contributed by atoms with Gasteiger partial charge in [-0.05, 0) is 49.2 Å². The van der Waals surface area contributed by atoms with Crippen molar-refractivity contribution >= 4 is 11.3 Å². The lowest BCUT2D eigenvalue weighted by molar-refractivity contribution is 0.520. The van der Waals surface area contributed by atoms with E-state index in [1.54, 1.807) is 10.4 Å². The topological polar surface area (TPSA) is 12.0 Å². The van der Waals surface area contributed by atoms with Gasteiger partial charge in [-0.25, -0.2) is 0 Å². The minimum Gasteiger partial charge on any atom is -0.313 e. The van der Waals surface area contributed by atoms with Crippen LogP contribution >= 0.6 is 11.3 Å². The van der Waals surface area contributed by atoms with Crippen LogP contribution < -0.4 is 5.32 Å². The van der Waals surface area contributed by atoms with E-state index < -0.39 is 0 Å². The minimum absolute atomic E-state index is 0.703. The first-order valence-corrected chi connectivity index (χ1v) is 8.00. The molecule has 1 aromatic heterocycles. The molecule has 96 valence electrons. The molecule has 1 fully saturated rings. The van der Waals surface area contributed by atoms with E-state index in [2.05, 4.69) is 30.6 Å². The first kappa shape index (κ1) is 13.1. The zero-order valence-electron chi connectivity index (χ0n) is 11.2. The second-order valence-corrected chi connectivity index (χ2v) is 6.21. The Hall–Kier alpha value is -0.340. The fourth-order valence-electron chi connectivity index (χ4n) is 2.84. The Morgan fingerprint density at radius 3 is 3.06 bits per heavy atom. The van der Waals surface area contributed by atoms with Gasteiger partial charge in [0.1, 0.15) is 0 Å². The molecule has 0 radical (unpaired) electrons. The number of hydrogen-bond acceptors (Lipinski definition) is 2. The summed E-state index contributed by atoms with van der Waals surface area (Å²) in [6, 6.07) is 3.07. The van der Waals surface area contributed by atoms with Crippen LogP contribution in [-0.2, 0) is 6.42 Å². The molecule has 0 saturated carbocycles. The van der Waals surface area contributed by atoms with Crippen molar-refractivity contribution in [2.24, 2.45) is 0 Å². The van der Waals surface area contributed by atoms with E-state index in [1.165, 1.54) is 45.1 Å². The molecule has 1 saturated heterocycles. The Kier molecular flexibility index (Phi) is 5.05. The standard InChI is InChI=1S/C15H25NS/c1-3-4-5-7-13-9-11-17-15(13)12(2)14-8-6-10-16-14/h9,11-12,14,16H,3-8,10H2,1-2H3. The van der Waals surface area contributed by atoms with E-state index in [0.717, 1.165) is 6.04 Å². The van der Waals surface area contributed by atoms with Crippen molar-refractivity contribution in [3.63, 3.8) is 0 Å². The number of rotatable bonds is 6. The third-order valence-corrected chi connectivity index (χ3v) is 5.11. The smallest absolute Gasteiger partial charge is 0.0142 e. The molecule has 2 unspecified atom stereocenters. The Balaban J connectivity index is 1.96. The first-order valence-electron chi connectivity index (χ1n) is 7.12. The molecule has 0 aliphatic carbocycles. The van der Waals surface area contributed by atoms with Crippen molar-refractivity contribution in [2.75, 3.05) is 6.54 Å². The molecule has 2 rings (SSSR count). The van der Waals surface area contributed by atoms with Crippen LogP contribution in [0.2, 0.25) is 0 Å². The fourth-order valence-corrected chi connectivity index (χ4v) is 3.92. The van der Waals surface area contributed by atoms with Crippen molar-refractivity contribution in [1.82, 2.24) is 5.32 Å². The number of thiophene rings is 1. The minimum atomic E-state index is 0.703. The maximum Gasteiger partial charge on any atom is 0.0142 e. The molecule has 1 aromatic rings. The van der Waals surface area contributed by atoms with Crippen LogP contribution in [0.3, 0.4) is 0 Å². The van der Waals surface area contributed by atoms with Crippen LogP contribution in [-0.4, -0.2) is 12.6 Å². The van der Waals surface area contributed by atoms with Gasteiger partial charge in [-0.2, -0.15) is 0 Å². The lowest BCUT2D eigenvalue weighted by Crippen LogP contribution is -2.27. The van der Waals surface area contributed by atoms with Crippen LogP contribution in [0.15, 0.2) is 11.4 Å². The van der Waals surface area contributed by atoms with E-state index in [-0.39, 0.29) is 0 Å². The maximum atomic E-state index is 3.65. The van der Waals surface area contributed by atoms with Gasteiger partial charge in [0.25, 0.3) is 0 Å². The summed E-state index contributed by atoms with van der Waals surface area (Å²) in [7, 11) is 0. The summed E-state index contributed by atoms with van der Waals surface area (Å²) in [4.78, 5) is 1.64. The average molecular weight is 251 g/mol. The van der Waals surface area contributed by atoms with Gasteiger partial charge in [-0.3, -0.25) is 0 Å². The van der Waals surface area contributed by atoms with Crippen LogP contribution in [0.4, 0.5) is 0 Å². The molecule has 2 heteroatoms. The summed E-state index contributed by atoms with van der Waals surface area (Å²) in [6.07, 6.45) is 8.03. The van der Waals surface area contributed by atoms with E-state index in [9.17, 15) is 0 Å². The molecule has 0 amide bonds. The number of nitrogens with one attached hydrogen (secondary N) is 1. The van der Waals surface area contributed by atoms with Gasteiger partial charge in [0, 0.05) is 16.8 Å². The van der Waals surface area contributed by atoms with Crippen molar-refractivity contribution in [1.29, 1.82) is 0 Å². The second-order valence-electron chi connectivity index (χ2n) is 5.26. The van der Waals surface area contributed by atoms with Crippen LogP contribution in [0.1, 0.15) is 62.3 Å². The van der Waals surface area contributed by atoms with E-state index in [1.807, 2.05) is 11.3 Å². The largest absolute Gasteiger partial charge is 0.313 e. The van der Waals surface area contributed by atoms with Crippen molar-refractivity contribution in [3.8, 4) is 0 Å². The van der Waals surface area contributed by atoms with Gasteiger partial charge in [-0.15, -0.1) is 11.3 Å². The lowest BCUT2D eigenvalue weighted by Gasteiger charge is -2.19. The van der Waals surface area contributed by atoms with E-state index in [4.69, 9.17) is 0 Å². The molecular weight excluding hydrogens is 226 g/mol. The highest BCUT2D eigenvalue weighted by molar-refractivity contribution is 7.10.